The van der Waals surface area contributed by atoms with Gasteiger partial charge < -0.3 is 18.9 Å². The van der Waals surface area contributed by atoms with Crippen molar-refractivity contribution in [3.8, 4) is 0 Å². The van der Waals surface area contributed by atoms with E-state index in [4.69, 9.17) is 18.9 Å². The molecule has 0 radical (unpaired) electrons. The molecule has 0 aliphatic rings. The molecule has 0 spiro atoms. The summed E-state index contributed by atoms with van der Waals surface area (Å²) in [5.74, 6) is -2.26. The van der Waals surface area contributed by atoms with E-state index >= 15 is 0 Å². The average Bonchev–Trinajstić information content (AvgIpc) is 2.31. The Kier molecular flexibility index (Phi) is 8.75. The lowest BCUT2D eigenvalue weighted by molar-refractivity contribution is -0.174. The van der Waals surface area contributed by atoms with Crippen molar-refractivity contribution in [2.24, 2.45) is 0 Å². The maximum atomic E-state index is 11.1. The number of ether oxygens (including phenoxy) is 4. The fraction of sp³-hybridized carbons (Fsp3) is 0.692. The molecule has 0 fully saturated rings. The maximum absolute atomic E-state index is 11.1. The lowest BCUT2D eigenvalue weighted by atomic mass is 10.1. The Balaban J connectivity index is 4.77. The molecule has 0 aliphatic heterocycles. The van der Waals surface area contributed by atoms with Crippen molar-refractivity contribution < 1.29 is 38.1 Å². The highest BCUT2D eigenvalue weighted by atomic mass is 16.6. The summed E-state index contributed by atoms with van der Waals surface area (Å²) < 4.78 is 19.6. The van der Waals surface area contributed by atoms with E-state index < -0.39 is 36.1 Å². The molecule has 8 nitrogen and oxygen atoms in total. The van der Waals surface area contributed by atoms with E-state index in [0.717, 1.165) is 0 Å². The van der Waals surface area contributed by atoms with E-state index in [0.29, 0.717) is 0 Å². The number of carbonyl (C=O) groups is 4. The molecule has 21 heavy (non-hydrogen) atoms. The molecule has 0 bridgehead atoms. The Bertz CT molecular complexity index is 390. The van der Waals surface area contributed by atoms with E-state index in [1.165, 1.54) is 27.7 Å². The zero-order valence-electron chi connectivity index (χ0n) is 12.5. The Morgan fingerprint density at radius 2 is 1.19 bits per heavy atom. The van der Waals surface area contributed by atoms with E-state index in [1.54, 1.807) is 0 Å². The topological polar surface area (TPSA) is 105 Å². The molecule has 0 unspecified atom stereocenters. The monoisotopic (exact) mass is 304 g/mol. The molecule has 0 rings (SSSR count). The van der Waals surface area contributed by atoms with Gasteiger partial charge in [-0.15, -0.1) is 0 Å². The predicted octanol–water partition coefficient (Wildman–Crippen LogP) is 0.366. The van der Waals surface area contributed by atoms with Gasteiger partial charge in [0.05, 0.1) is 6.61 Å². The molecule has 0 aromatic rings. The molecular weight excluding hydrogens is 284 g/mol. The number of carbonyl (C=O) groups excluding carboxylic acids is 4. The van der Waals surface area contributed by atoms with E-state index in [9.17, 15) is 19.2 Å². The van der Waals surface area contributed by atoms with Gasteiger partial charge in [-0.05, 0) is 0 Å². The van der Waals surface area contributed by atoms with Crippen LogP contribution in [0.1, 0.15) is 34.1 Å². The summed E-state index contributed by atoms with van der Waals surface area (Å²) in [6.45, 7) is 4.53. The fourth-order valence-corrected chi connectivity index (χ4v) is 1.48. The Hall–Kier alpha value is -2.12. The highest BCUT2D eigenvalue weighted by Gasteiger charge is 2.28. The summed E-state index contributed by atoms with van der Waals surface area (Å²) in [7, 11) is 0. The Morgan fingerprint density at radius 1 is 0.714 bits per heavy atom. The summed E-state index contributed by atoms with van der Waals surface area (Å²) in [5.41, 5.74) is 0. The van der Waals surface area contributed by atoms with Gasteiger partial charge in [0.1, 0.15) is 12.7 Å². The quantitative estimate of drug-likeness (QED) is 0.467. The van der Waals surface area contributed by atoms with Gasteiger partial charge >= 0.3 is 23.9 Å². The van der Waals surface area contributed by atoms with Crippen molar-refractivity contribution in [1.82, 2.24) is 0 Å². The molecule has 120 valence electrons. The highest BCUT2D eigenvalue weighted by molar-refractivity contribution is 5.68. The summed E-state index contributed by atoms with van der Waals surface area (Å²) in [4.78, 5) is 43.8. The standard InChI is InChI=1S/C13H20O8/c1-8(14)18-6-5-12(20-10(3)16)13(21-11(4)17)7-19-9(2)15/h12-13H,5-7H2,1-4H3/t12-,13-/m0/s1. The van der Waals surface area contributed by atoms with Gasteiger partial charge in [0.15, 0.2) is 6.10 Å². The smallest absolute Gasteiger partial charge is 0.303 e. The first-order valence-corrected chi connectivity index (χ1v) is 6.33. The van der Waals surface area contributed by atoms with Crippen molar-refractivity contribution in [2.75, 3.05) is 13.2 Å². The van der Waals surface area contributed by atoms with E-state index in [-0.39, 0.29) is 19.6 Å². The van der Waals surface area contributed by atoms with Gasteiger partial charge in [0.2, 0.25) is 0 Å². The van der Waals surface area contributed by atoms with Gasteiger partial charge in [-0.1, -0.05) is 0 Å². The van der Waals surface area contributed by atoms with Crippen molar-refractivity contribution >= 4 is 23.9 Å². The van der Waals surface area contributed by atoms with Crippen LogP contribution in [0, 0.1) is 0 Å². The third-order valence-corrected chi connectivity index (χ3v) is 2.21. The van der Waals surface area contributed by atoms with Gasteiger partial charge in [-0.3, -0.25) is 19.2 Å². The zero-order chi connectivity index (χ0) is 16.4. The van der Waals surface area contributed by atoms with E-state index in [2.05, 4.69) is 0 Å². The molecule has 8 heteroatoms. The van der Waals surface area contributed by atoms with Crippen LogP contribution in [0.3, 0.4) is 0 Å². The lowest BCUT2D eigenvalue weighted by Gasteiger charge is -2.25. The van der Waals surface area contributed by atoms with Crippen LogP contribution in [0.2, 0.25) is 0 Å². The number of rotatable bonds is 8. The number of hydrogen-bond donors (Lipinski definition) is 0. The molecule has 0 saturated carbocycles. The van der Waals surface area contributed by atoms with Crippen LogP contribution in [0.4, 0.5) is 0 Å². The van der Waals surface area contributed by atoms with Crippen molar-refractivity contribution in [3.05, 3.63) is 0 Å². The normalized spacial score (nSPS) is 12.8. The molecule has 0 aliphatic carbocycles. The maximum Gasteiger partial charge on any atom is 0.303 e. The first kappa shape index (κ1) is 18.9. The van der Waals surface area contributed by atoms with E-state index in [1.807, 2.05) is 0 Å². The van der Waals surface area contributed by atoms with Gasteiger partial charge in [-0.2, -0.15) is 0 Å². The molecule has 2 atom stereocenters. The molecule has 0 aromatic heterocycles. The molecule has 0 heterocycles. The van der Waals surface area contributed by atoms with Crippen molar-refractivity contribution in [1.29, 1.82) is 0 Å². The van der Waals surface area contributed by atoms with Crippen LogP contribution in [-0.2, 0) is 38.1 Å². The minimum Gasteiger partial charge on any atom is -0.466 e. The second-order valence-corrected chi connectivity index (χ2v) is 4.23. The minimum absolute atomic E-state index is 0.0227. The van der Waals surface area contributed by atoms with Gasteiger partial charge in [0, 0.05) is 34.1 Å². The van der Waals surface area contributed by atoms with Crippen LogP contribution in [0.25, 0.3) is 0 Å². The molecular formula is C13H20O8. The molecule has 0 N–H and O–H groups in total. The predicted molar refractivity (Wildman–Crippen MR) is 69.0 cm³/mol. The lowest BCUT2D eigenvalue weighted by Crippen LogP contribution is -2.39. The third-order valence-electron chi connectivity index (χ3n) is 2.21. The average molecular weight is 304 g/mol. The number of hydrogen-bond acceptors (Lipinski definition) is 8. The highest BCUT2D eigenvalue weighted by Crippen LogP contribution is 2.11. The summed E-state index contributed by atoms with van der Waals surface area (Å²) >= 11 is 0. The Morgan fingerprint density at radius 3 is 1.62 bits per heavy atom. The van der Waals surface area contributed by atoms with Crippen LogP contribution < -0.4 is 0 Å². The third kappa shape index (κ3) is 10.3. The van der Waals surface area contributed by atoms with Crippen molar-refractivity contribution in [3.63, 3.8) is 0 Å². The SMILES string of the molecule is CC(=O)OCC[C@H](OC(C)=O)[C@H](COC(C)=O)OC(C)=O. The zero-order valence-corrected chi connectivity index (χ0v) is 12.5. The summed E-state index contributed by atoms with van der Waals surface area (Å²) in [5, 5.41) is 0. The molecule has 0 aromatic carbocycles. The van der Waals surface area contributed by atoms with Gasteiger partial charge in [-0.25, -0.2) is 0 Å². The molecule has 0 saturated heterocycles. The Labute approximate surface area is 122 Å². The first-order chi connectivity index (χ1) is 9.72. The van der Waals surface area contributed by atoms with Gasteiger partial charge in [0.25, 0.3) is 0 Å². The van der Waals surface area contributed by atoms with Crippen LogP contribution in [0.15, 0.2) is 0 Å². The first-order valence-electron chi connectivity index (χ1n) is 6.33. The number of esters is 4. The van der Waals surface area contributed by atoms with Crippen LogP contribution in [0.5, 0.6) is 0 Å². The molecule has 0 amide bonds. The second-order valence-electron chi connectivity index (χ2n) is 4.23. The van der Waals surface area contributed by atoms with Crippen molar-refractivity contribution in [2.45, 2.75) is 46.3 Å². The fourth-order valence-electron chi connectivity index (χ4n) is 1.48. The van der Waals surface area contributed by atoms with Crippen LogP contribution >= 0.6 is 0 Å². The largest absolute Gasteiger partial charge is 0.466 e. The summed E-state index contributed by atoms with van der Waals surface area (Å²) in [6, 6.07) is 0. The second kappa shape index (κ2) is 9.73. The summed E-state index contributed by atoms with van der Waals surface area (Å²) in [6.07, 6.45) is -1.74. The van der Waals surface area contributed by atoms with Crippen LogP contribution in [-0.4, -0.2) is 49.3 Å². The minimum atomic E-state index is -0.967.